The number of hydrogen-bond acceptors (Lipinski definition) is 0. The van der Waals surface area contributed by atoms with E-state index in [4.69, 9.17) is 0 Å². The van der Waals surface area contributed by atoms with E-state index in [-0.39, 0.29) is 0 Å². The Hall–Kier alpha value is 0.960. The van der Waals surface area contributed by atoms with E-state index in [9.17, 15) is 0 Å². The molecule has 0 aromatic carbocycles. The van der Waals surface area contributed by atoms with Crippen molar-refractivity contribution in [3.05, 3.63) is 12.8 Å². The molecule has 2 radical (unpaired) electrons. The lowest BCUT2D eigenvalue weighted by atomic mass is 10.0. The third-order valence-electron chi connectivity index (χ3n) is 1.23. The summed E-state index contributed by atoms with van der Waals surface area (Å²) in [6, 6.07) is 0. The van der Waals surface area contributed by atoms with Crippen LogP contribution in [0, 0.1) is 12.8 Å². The van der Waals surface area contributed by atoms with Crippen molar-refractivity contribution < 1.29 is 0 Å². The van der Waals surface area contributed by atoms with Gasteiger partial charge in [0.05, 0.1) is 0 Å². The van der Waals surface area contributed by atoms with Crippen LogP contribution in [0.3, 0.4) is 0 Å². The summed E-state index contributed by atoms with van der Waals surface area (Å²) in [5.41, 5.74) is 0. The molecule has 1 aliphatic rings. The van der Waals surface area contributed by atoms with Gasteiger partial charge in [0.25, 0.3) is 0 Å². The molecule has 0 aromatic rings. The van der Waals surface area contributed by atoms with E-state index in [0.29, 0.717) is 9.65 Å². The Balaban J connectivity index is 2.19. The fourth-order valence-corrected chi connectivity index (χ4v) is 1.61. The molecule has 0 amide bonds. The van der Waals surface area contributed by atoms with E-state index >= 15 is 0 Å². The van der Waals surface area contributed by atoms with Crippen LogP contribution < -0.4 is 0 Å². The van der Waals surface area contributed by atoms with Gasteiger partial charge in [-0.25, -0.2) is 0 Å². The molecule has 8 heavy (non-hydrogen) atoms. The number of halogens is 2. The standard InChI is InChI=1S/C6H8Br2/c7-5-1-2-6(8)4-3-5/h1,4-6H,2-3H2. The quantitative estimate of drug-likeness (QED) is 0.571. The molecule has 1 rings (SSSR count). The number of rotatable bonds is 0. The third-order valence-corrected chi connectivity index (χ3v) is 2.73. The lowest BCUT2D eigenvalue weighted by Gasteiger charge is -2.19. The van der Waals surface area contributed by atoms with Gasteiger partial charge in [-0.15, -0.1) is 0 Å². The van der Waals surface area contributed by atoms with Crippen molar-refractivity contribution in [3.8, 4) is 0 Å². The Kier molecular flexibility index (Phi) is 2.84. The van der Waals surface area contributed by atoms with Gasteiger partial charge in [-0.3, -0.25) is 0 Å². The highest BCUT2D eigenvalue weighted by Crippen LogP contribution is 2.26. The molecule has 0 saturated heterocycles. The maximum Gasteiger partial charge on any atom is 0.0180 e. The molecule has 2 heteroatoms. The zero-order valence-corrected chi connectivity index (χ0v) is 7.65. The largest absolute Gasteiger partial charge is 0.0887 e. The minimum Gasteiger partial charge on any atom is -0.0887 e. The van der Waals surface area contributed by atoms with Crippen LogP contribution in [0.4, 0.5) is 0 Å². The number of hydrogen-bond donors (Lipinski definition) is 0. The fraction of sp³-hybridized carbons (Fsp3) is 0.667. The Morgan fingerprint density at radius 3 is 1.62 bits per heavy atom. The predicted octanol–water partition coefficient (Wildman–Crippen LogP) is 2.72. The summed E-state index contributed by atoms with van der Waals surface area (Å²) >= 11 is 7.02. The predicted molar refractivity (Wildman–Crippen MR) is 43.3 cm³/mol. The maximum absolute atomic E-state index is 3.51. The highest BCUT2D eigenvalue weighted by atomic mass is 79.9. The van der Waals surface area contributed by atoms with Crippen LogP contribution in [0.1, 0.15) is 12.8 Å². The number of alkyl halides is 2. The molecule has 0 N–H and O–H groups in total. The normalized spacial score (nSPS) is 39.8. The van der Waals surface area contributed by atoms with Crippen molar-refractivity contribution in [1.82, 2.24) is 0 Å². The third kappa shape index (κ3) is 2.06. The fourth-order valence-electron chi connectivity index (χ4n) is 0.748. The summed E-state index contributed by atoms with van der Waals surface area (Å²) in [7, 11) is 0. The van der Waals surface area contributed by atoms with Crippen LogP contribution >= 0.6 is 31.9 Å². The van der Waals surface area contributed by atoms with Crippen LogP contribution in [-0.4, -0.2) is 9.65 Å². The van der Waals surface area contributed by atoms with Crippen molar-refractivity contribution in [1.29, 1.82) is 0 Å². The Morgan fingerprint density at radius 2 is 1.38 bits per heavy atom. The van der Waals surface area contributed by atoms with Crippen molar-refractivity contribution >= 4 is 31.9 Å². The molecular formula is C6H8Br2. The molecule has 46 valence electrons. The van der Waals surface area contributed by atoms with Gasteiger partial charge in [0.1, 0.15) is 0 Å². The molecule has 0 aromatic heterocycles. The maximum atomic E-state index is 3.51. The van der Waals surface area contributed by atoms with Crippen LogP contribution in [0.5, 0.6) is 0 Å². The highest BCUT2D eigenvalue weighted by Gasteiger charge is 2.16. The van der Waals surface area contributed by atoms with Crippen LogP contribution in [0.25, 0.3) is 0 Å². The minimum absolute atomic E-state index is 0.622. The topological polar surface area (TPSA) is 0 Å². The van der Waals surface area contributed by atoms with E-state index in [2.05, 4.69) is 44.7 Å². The highest BCUT2D eigenvalue weighted by molar-refractivity contribution is 9.10. The van der Waals surface area contributed by atoms with Gasteiger partial charge >= 0.3 is 0 Å². The van der Waals surface area contributed by atoms with Crippen LogP contribution in [0.15, 0.2) is 0 Å². The Morgan fingerprint density at radius 1 is 1.00 bits per heavy atom. The molecule has 0 aliphatic heterocycles. The smallest absolute Gasteiger partial charge is 0.0180 e. The van der Waals surface area contributed by atoms with Crippen molar-refractivity contribution in [3.63, 3.8) is 0 Å². The second-order valence-corrected chi connectivity index (χ2v) is 4.33. The molecular weight excluding hydrogens is 232 g/mol. The first-order valence-electron chi connectivity index (χ1n) is 2.74. The minimum atomic E-state index is 0.622. The van der Waals surface area contributed by atoms with Crippen LogP contribution in [-0.2, 0) is 0 Å². The molecule has 2 unspecified atom stereocenters. The summed E-state index contributed by atoms with van der Waals surface area (Å²) in [4.78, 5) is 1.24. The average Bonchev–Trinajstić information content (AvgIpc) is 1.77. The zero-order valence-electron chi connectivity index (χ0n) is 4.48. The molecule has 1 saturated carbocycles. The van der Waals surface area contributed by atoms with E-state index in [1.165, 1.54) is 0 Å². The van der Waals surface area contributed by atoms with E-state index in [0.717, 1.165) is 12.8 Å². The molecule has 0 spiro atoms. The summed E-state index contributed by atoms with van der Waals surface area (Å²) in [6.45, 7) is 0. The summed E-state index contributed by atoms with van der Waals surface area (Å²) in [5, 5.41) is 0. The molecule has 1 aliphatic carbocycles. The molecule has 1 fully saturated rings. The van der Waals surface area contributed by atoms with E-state index in [1.807, 2.05) is 0 Å². The van der Waals surface area contributed by atoms with Crippen molar-refractivity contribution in [2.75, 3.05) is 0 Å². The second-order valence-electron chi connectivity index (χ2n) is 1.97. The van der Waals surface area contributed by atoms with Gasteiger partial charge in [0.15, 0.2) is 0 Å². The van der Waals surface area contributed by atoms with E-state index < -0.39 is 0 Å². The van der Waals surface area contributed by atoms with Gasteiger partial charge in [0.2, 0.25) is 0 Å². The molecule has 2 atom stereocenters. The SMILES string of the molecule is BrC1[CH]CC(Br)[CH]C1. The van der Waals surface area contributed by atoms with Gasteiger partial charge in [0, 0.05) is 9.65 Å². The first-order valence-corrected chi connectivity index (χ1v) is 4.57. The van der Waals surface area contributed by atoms with Crippen molar-refractivity contribution in [2.45, 2.75) is 22.5 Å². The first kappa shape index (κ1) is 7.07. The molecule has 0 bridgehead atoms. The van der Waals surface area contributed by atoms with Crippen molar-refractivity contribution in [2.24, 2.45) is 0 Å². The summed E-state index contributed by atoms with van der Waals surface area (Å²) in [5.74, 6) is 0. The second kappa shape index (κ2) is 3.21. The Labute approximate surface area is 67.3 Å². The van der Waals surface area contributed by atoms with Gasteiger partial charge in [-0.1, -0.05) is 31.9 Å². The molecule has 0 heterocycles. The monoisotopic (exact) mass is 238 g/mol. The first-order chi connectivity index (χ1) is 3.79. The van der Waals surface area contributed by atoms with Gasteiger partial charge < -0.3 is 0 Å². The lowest BCUT2D eigenvalue weighted by Crippen LogP contribution is -2.14. The lowest BCUT2D eigenvalue weighted by molar-refractivity contribution is 0.753. The molecule has 0 nitrogen and oxygen atoms in total. The summed E-state index contributed by atoms with van der Waals surface area (Å²) in [6.07, 6.45) is 6.91. The zero-order chi connectivity index (χ0) is 5.98. The van der Waals surface area contributed by atoms with Gasteiger partial charge in [-0.05, 0) is 25.7 Å². The van der Waals surface area contributed by atoms with Crippen LogP contribution in [0.2, 0.25) is 0 Å². The Bertz CT molecular complexity index is 54.9. The average molecular weight is 240 g/mol. The van der Waals surface area contributed by atoms with E-state index in [1.54, 1.807) is 0 Å². The summed E-state index contributed by atoms with van der Waals surface area (Å²) < 4.78 is 0. The van der Waals surface area contributed by atoms with Gasteiger partial charge in [-0.2, -0.15) is 0 Å².